The summed E-state index contributed by atoms with van der Waals surface area (Å²) in [5.74, 6) is 0.524. The summed E-state index contributed by atoms with van der Waals surface area (Å²) in [6.45, 7) is 8.79. The van der Waals surface area contributed by atoms with Gasteiger partial charge in [-0.15, -0.1) is 0 Å². The van der Waals surface area contributed by atoms with Crippen LogP contribution in [0.3, 0.4) is 0 Å². The van der Waals surface area contributed by atoms with Crippen LogP contribution in [0.2, 0.25) is 0 Å². The molecular weight excluding hydrogens is 226 g/mol. The molecule has 106 valence electrons. The minimum atomic E-state index is -0.565. The molecule has 1 heterocycles. The monoisotopic (exact) mass is 255 g/mol. The molecule has 4 heteroatoms. The summed E-state index contributed by atoms with van der Waals surface area (Å²) >= 11 is 0. The number of hydrogen-bond acceptors (Lipinski definition) is 3. The highest BCUT2D eigenvalue weighted by Gasteiger charge is 2.29. The largest absolute Gasteiger partial charge is 0.368 e. The zero-order valence-corrected chi connectivity index (χ0v) is 12.3. The molecule has 0 saturated carbocycles. The Morgan fingerprint density at radius 3 is 2.72 bits per heavy atom. The first-order valence-electron chi connectivity index (χ1n) is 7.13. The molecule has 0 spiro atoms. The zero-order chi connectivity index (χ0) is 13.8. The van der Waals surface area contributed by atoms with Gasteiger partial charge in [0.1, 0.15) is 0 Å². The lowest BCUT2D eigenvalue weighted by molar-refractivity contribution is -0.123. The van der Waals surface area contributed by atoms with Crippen molar-refractivity contribution in [1.82, 2.24) is 10.2 Å². The van der Waals surface area contributed by atoms with Crippen LogP contribution in [-0.4, -0.2) is 42.5 Å². The van der Waals surface area contributed by atoms with E-state index in [-0.39, 0.29) is 5.91 Å². The van der Waals surface area contributed by atoms with E-state index in [1.54, 1.807) is 7.05 Å². The van der Waals surface area contributed by atoms with Gasteiger partial charge in [0.15, 0.2) is 0 Å². The highest BCUT2D eigenvalue weighted by Crippen LogP contribution is 2.23. The van der Waals surface area contributed by atoms with E-state index in [2.05, 4.69) is 24.1 Å². The van der Waals surface area contributed by atoms with Gasteiger partial charge in [-0.2, -0.15) is 0 Å². The van der Waals surface area contributed by atoms with E-state index < -0.39 is 5.54 Å². The summed E-state index contributed by atoms with van der Waals surface area (Å²) in [4.78, 5) is 13.9. The molecule has 3 N–H and O–H groups in total. The standard InChI is InChI=1S/C14H29N3O/c1-11-7-5-9-17(12(11)2)10-6-8-14(3,16-4)13(15)18/h11-12,16H,5-10H2,1-4H3,(H2,15,18). The van der Waals surface area contributed by atoms with Crippen molar-refractivity contribution in [2.24, 2.45) is 11.7 Å². The predicted molar refractivity (Wildman–Crippen MR) is 75.3 cm³/mol. The SMILES string of the molecule is CNC(C)(CCCN1CCCC(C)C1C)C(N)=O. The Morgan fingerprint density at radius 2 is 2.17 bits per heavy atom. The van der Waals surface area contributed by atoms with Crippen LogP contribution in [0.25, 0.3) is 0 Å². The third-order valence-electron chi connectivity index (χ3n) is 4.72. The van der Waals surface area contributed by atoms with Gasteiger partial charge in [0.2, 0.25) is 5.91 Å². The van der Waals surface area contributed by atoms with Crippen molar-refractivity contribution in [3.63, 3.8) is 0 Å². The first-order valence-corrected chi connectivity index (χ1v) is 7.13. The van der Waals surface area contributed by atoms with Crippen molar-refractivity contribution < 1.29 is 4.79 Å². The Balaban J connectivity index is 2.39. The van der Waals surface area contributed by atoms with Crippen LogP contribution in [0.1, 0.15) is 46.5 Å². The number of nitrogens with one attached hydrogen (secondary N) is 1. The Hall–Kier alpha value is -0.610. The summed E-state index contributed by atoms with van der Waals surface area (Å²) in [6.07, 6.45) is 4.45. The number of likely N-dealkylation sites (N-methyl/N-ethyl adjacent to an activating group) is 1. The van der Waals surface area contributed by atoms with E-state index >= 15 is 0 Å². The molecule has 0 aromatic heterocycles. The first-order chi connectivity index (χ1) is 8.40. The van der Waals surface area contributed by atoms with Crippen LogP contribution in [0.5, 0.6) is 0 Å². The molecule has 0 aromatic rings. The highest BCUT2D eigenvalue weighted by molar-refractivity contribution is 5.84. The average Bonchev–Trinajstić information content (AvgIpc) is 2.34. The molecule has 1 fully saturated rings. The van der Waals surface area contributed by atoms with Gasteiger partial charge in [-0.05, 0) is 65.6 Å². The molecule has 3 unspecified atom stereocenters. The molecule has 0 aromatic carbocycles. The summed E-state index contributed by atoms with van der Waals surface area (Å²) in [5, 5.41) is 3.04. The van der Waals surface area contributed by atoms with Gasteiger partial charge in [0, 0.05) is 6.04 Å². The van der Waals surface area contributed by atoms with Crippen molar-refractivity contribution >= 4 is 5.91 Å². The predicted octanol–water partition coefficient (Wildman–Crippen LogP) is 1.35. The molecule has 18 heavy (non-hydrogen) atoms. The van der Waals surface area contributed by atoms with Crippen LogP contribution in [0.15, 0.2) is 0 Å². The van der Waals surface area contributed by atoms with Crippen LogP contribution in [-0.2, 0) is 4.79 Å². The van der Waals surface area contributed by atoms with Crippen LogP contribution in [0, 0.1) is 5.92 Å². The van der Waals surface area contributed by atoms with Crippen molar-refractivity contribution in [3.05, 3.63) is 0 Å². The normalized spacial score (nSPS) is 28.9. The average molecular weight is 255 g/mol. The van der Waals surface area contributed by atoms with Crippen LogP contribution in [0.4, 0.5) is 0 Å². The maximum absolute atomic E-state index is 11.4. The number of primary amides is 1. The quantitative estimate of drug-likeness (QED) is 0.753. The maximum Gasteiger partial charge on any atom is 0.237 e. The number of rotatable bonds is 6. The Kier molecular flexibility index (Phi) is 5.60. The van der Waals surface area contributed by atoms with Gasteiger partial charge >= 0.3 is 0 Å². The van der Waals surface area contributed by atoms with Gasteiger partial charge in [-0.25, -0.2) is 0 Å². The number of carbonyl (C=O) groups excluding carboxylic acids is 1. The molecule has 4 nitrogen and oxygen atoms in total. The molecule has 1 aliphatic rings. The number of hydrogen-bond donors (Lipinski definition) is 2. The third kappa shape index (κ3) is 3.69. The Labute approximate surface area is 111 Å². The van der Waals surface area contributed by atoms with Gasteiger partial charge in [0.05, 0.1) is 5.54 Å². The fraction of sp³-hybridized carbons (Fsp3) is 0.929. The maximum atomic E-state index is 11.4. The molecule has 1 aliphatic heterocycles. The molecule has 1 amide bonds. The fourth-order valence-electron chi connectivity index (χ4n) is 2.74. The number of likely N-dealkylation sites (tertiary alicyclic amines) is 1. The fourth-order valence-corrected chi connectivity index (χ4v) is 2.74. The molecule has 1 rings (SSSR count). The van der Waals surface area contributed by atoms with Gasteiger partial charge < -0.3 is 16.0 Å². The lowest BCUT2D eigenvalue weighted by Gasteiger charge is -2.38. The molecular formula is C14H29N3O. The summed E-state index contributed by atoms with van der Waals surface area (Å²) in [5.41, 5.74) is 4.87. The highest BCUT2D eigenvalue weighted by atomic mass is 16.1. The van der Waals surface area contributed by atoms with E-state index in [1.807, 2.05) is 6.92 Å². The minimum Gasteiger partial charge on any atom is -0.368 e. The van der Waals surface area contributed by atoms with E-state index in [1.165, 1.54) is 19.4 Å². The minimum absolute atomic E-state index is 0.259. The molecule has 0 radical (unpaired) electrons. The number of piperidine rings is 1. The van der Waals surface area contributed by atoms with E-state index in [4.69, 9.17) is 5.73 Å². The molecule has 1 saturated heterocycles. The second-order valence-corrected chi connectivity index (χ2v) is 5.95. The number of carbonyl (C=O) groups is 1. The summed E-state index contributed by atoms with van der Waals surface area (Å²) < 4.78 is 0. The Morgan fingerprint density at radius 1 is 1.50 bits per heavy atom. The van der Waals surface area contributed by atoms with Crippen LogP contribution >= 0.6 is 0 Å². The van der Waals surface area contributed by atoms with Gasteiger partial charge in [-0.3, -0.25) is 4.79 Å². The number of nitrogens with zero attached hydrogens (tertiary/aromatic N) is 1. The van der Waals surface area contributed by atoms with E-state index in [0.29, 0.717) is 6.04 Å². The summed E-state index contributed by atoms with van der Waals surface area (Å²) in [6, 6.07) is 0.660. The van der Waals surface area contributed by atoms with Crippen molar-refractivity contribution in [2.45, 2.75) is 58.0 Å². The van der Waals surface area contributed by atoms with Gasteiger partial charge in [0.25, 0.3) is 0 Å². The second-order valence-electron chi connectivity index (χ2n) is 5.95. The van der Waals surface area contributed by atoms with Gasteiger partial charge in [-0.1, -0.05) is 6.92 Å². The van der Waals surface area contributed by atoms with Crippen molar-refractivity contribution in [2.75, 3.05) is 20.1 Å². The summed E-state index contributed by atoms with van der Waals surface area (Å²) in [7, 11) is 1.80. The van der Waals surface area contributed by atoms with E-state index in [9.17, 15) is 4.79 Å². The Bertz CT molecular complexity index is 282. The first kappa shape index (κ1) is 15.4. The topological polar surface area (TPSA) is 58.4 Å². The molecule has 0 aliphatic carbocycles. The van der Waals surface area contributed by atoms with E-state index in [0.717, 1.165) is 25.3 Å². The van der Waals surface area contributed by atoms with Crippen molar-refractivity contribution in [3.8, 4) is 0 Å². The number of nitrogens with two attached hydrogens (primary N) is 1. The lowest BCUT2D eigenvalue weighted by Crippen LogP contribution is -2.52. The molecule has 0 bridgehead atoms. The lowest BCUT2D eigenvalue weighted by atomic mass is 9.91. The zero-order valence-electron chi connectivity index (χ0n) is 12.3. The smallest absolute Gasteiger partial charge is 0.237 e. The third-order valence-corrected chi connectivity index (χ3v) is 4.72. The van der Waals surface area contributed by atoms with Crippen LogP contribution < -0.4 is 11.1 Å². The van der Waals surface area contributed by atoms with Crippen molar-refractivity contribution in [1.29, 1.82) is 0 Å². The number of amides is 1. The second kappa shape index (κ2) is 6.53. The molecule has 3 atom stereocenters.